The Hall–Kier alpha value is 2.70. The molecule has 8 heteroatoms. The second-order valence-electron chi connectivity index (χ2n) is 2.95. The summed E-state index contributed by atoms with van der Waals surface area (Å²) in [6.45, 7) is 0. The molecule has 2 aliphatic rings. The third-order valence-corrected chi connectivity index (χ3v) is 25.7. The SMILES string of the molecule is CSC1=C(SC)[Se]C(=C2[Se]C(SC)=C(SC)[Se]2)[Se]1. The molecule has 0 aromatic heterocycles. The van der Waals surface area contributed by atoms with Gasteiger partial charge < -0.3 is 0 Å². The van der Waals surface area contributed by atoms with Crippen molar-refractivity contribution in [2.24, 2.45) is 0 Å². The van der Waals surface area contributed by atoms with Gasteiger partial charge in [-0.25, -0.2) is 0 Å². The Morgan fingerprint density at radius 2 is 0.722 bits per heavy atom. The molecule has 0 spiro atoms. The van der Waals surface area contributed by atoms with Crippen LogP contribution in [0.1, 0.15) is 0 Å². The molecule has 2 rings (SSSR count). The van der Waals surface area contributed by atoms with Crippen molar-refractivity contribution in [1.29, 1.82) is 0 Å². The van der Waals surface area contributed by atoms with Crippen molar-refractivity contribution in [3.63, 3.8) is 0 Å². The van der Waals surface area contributed by atoms with E-state index in [1.807, 2.05) is 53.8 Å². The van der Waals surface area contributed by atoms with Crippen LogP contribution < -0.4 is 0 Å². The number of hydrogen-bond acceptors (Lipinski definition) is 4. The molecule has 0 saturated carbocycles. The molecular formula is C10H12S4Se4. The number of hydrogen-bond donors (Lipinski definition) is 0. The zero-order valence-electron chi connectivity index (χ0n) is 10.3. The summed E-state index contributed by atoms with van der Waals surface area (Å²) in [5, 5.41) is 0. The van der Waals surface area contributed by atoms with Gasteiger partial charge in [0.05, 0.1) is 0 Å². The van der Waals surface area contributed by atoms with Gasteiger partial charge in [0, 0.05) is 0 Å². The van der Waals surface area contributed by atoms with Crippen molar-refractivity contribution in [2.45, 2.75) is 0 Å². The van der Waals surface area contributed by atoms with E-state index in [0.717, 1.165) is 0 Å². The zero-order chi connectivity index (χ0) is 13.1. The average molecular weight is 576 g/mol. The summed E-state index contributed by atoms with van der Waals surface area (Å²) >= 11 is 10.7. The summed E-state index contributed by atoms with van der Waals surface area (Å²) in [6.07, 6.45) is 9.00. The Labute approximate surface area is 152 Å². The van der Waals surface area contributed by atoms with Crippen LogP contribution >= 0.6 is 47.0 Å². The molecule has 0 amide bonds. The molecule has 0 unspecified atom stereocenters. The predicted molar refractivity (Wildman–Crippen MR) is 98.2 cm³/mol. The molecule has 0 bridgehead atoms. The summed E-state index contributed by atoms with van der Waals surface area (Å²) in [5.74, 6) is 0. The van der Waals surface area contributed by atoms with Crippen molar-refractivity contribution >= 4 is 107 Å². The molecule has 0 fully saturated rings. The van der Waals surface area contributed by atoms with E-state index in [4.69, 9.17) is 0 Å². The molecule has 0 N–H and O–H groups in total. The third-order valence-electron chi connectivity index (χ3n) is 1.98. The second kappa shape index (κ2) is 8.36. The Bertz CT molecular complexity index is 365. The molecule has 0 atom stereocenters. The Morgan fingerprint density at radius 1 is 0.500 bits per heavy atom. The van der Waals surface area contributed by atoms with E-state index in [2.05, 4.69) is 25.0 Å². The third kappa shape index (κ3) is 3.91. The fourth-order valence-corrected chi connectivity index (χ4v) is 25.5. The van der Waals surface area contributed by atoms with E-state index in [0.29, 0.717) is 59.8 Å². The fraction of sp³-hybridized carbons (Fsp3) is 0.400. The van der Waals surface area contributed by atoms with E-state index in [9.17, 15) is 0 Å². The first kappa shape index (κ1) is 17.1. The Kier molecular flexibility index (Phi) is 7.92. The minimum absolute atomic E-state index is 0.675. The van der Waals surface area contributed by atoms with Crippen molar-refractivity contribution in [1.82, 2.24) is 0 Å². The van der Waals surface area contributed by atoms with Crippen LogP contribution in [0.5, 0.6) is 0 Å². The summed E-state index contributed by atoms with van der Waals surface area (Å²) < 4.78 is 10.6. The van der Waals surface area contributed by atoms with Crippen LogP contribution in [0, 0.1) is 0 Å². The van der Waals surface area contributed by atoms with Crippen molar-refractivity contribution in [3.8, 4) is 0 Å². The van der Waals surface area contributed by atoms with E-state index in [1.54, 1.807) is 15.2 Å². The van der Waals surface area contributed by atoms with E-state index >= 15 is 0 Å². The van der Waals surface area contributed by atoms with Crippen LogP contribution in [0.25, 0.3) is 0 Å². The van der Waals surface area contributed by atoms with Crippen LogP contribution in [0.2, 0.25) is 0 Å². The van der Waals surface area contributed by atoms with Gasteiger partial charge in [0.2, 0.25) is 0 Å². The molecule has 0 aromatic rings. The molecule has 100 valence electrons. The summed E-state index contributed by atoms with van der Waals surface area (Å²) in [6, 6.07) is 0. The van der Waals surface area contributed by atoms with Gasteiger partial charge >= 0.3 is 154 Å². The Morgan fingerprint density at radius 3 is 0.889 bits per heavy atom. The van der Waals surface area contributed by atoms with Crippen LogP contribution in [-0.2, 0) is 0 Å². The molecule has 2 heterocycles. The van der Waals surface area contributed by atoms with Gasteiger partial charge in [-0.1, -0.05) is 0 Å². The van der Waals surface area contributed by atoms with E-state index in [1.165, 1.54) is 0 Å². The molecule has 0 nitrogen and oxygen atoms in total. The monoisotopic (exact) mass is 580 g/mol. The molecule has 18 heavy (non-hydrogen) atoms. The first-order valence-electron chi connectivity index (χ1n) is 4.83. The van der Waals surface area contributed by atoms with Gasteiger partial charge in [-0.2, -0.15) is 0 Å². The van der Waals surface area contributed by atoms with Crippen molar-refractivity contribution < 1.29 is 0 Å². The van der Waals surface area contributed by atoms with Crippen LogP contribution in [0.4, 0.5) is 0 Å². The summed E-state index contributed by atoms with van der Waals surface area (Å²) in [5.41, 5.74) is 0. The fourth-order valence-electron chi connectivity index (χ4n) is 1.21. The summed E-state index contributed by atoms with van der Waals surface area (Å²) in [4.78, 5) is 0. The first-order chi connectivity index (χ1) is 8.73. The Balaban J connectivity index is 2.14. The van der Waals surface area contributed by atoms with Gasteiger partial charge in [0.1, 0.15) is 0 Å². The van der Waals surface area contributed by atoms with E-state index in [-0.39, 0.29) is 0 Å². The molecule has 0 saturated heterocycles. The quantitative estimate of drug-likeness (QED) is 0.473. The van der Waals surface area contributed by atoms with Crippen LogP contribution in [0.15, 0.2) is 22.0 Å². The van der Waals surface area contributed by atoms with Crippen LogP contribution in [-0.4, -0.2) is 84.9 Å². The normalized spacial score (nSPS) is 20.7. The second-order valence-corrected chi connectivity index (χ2v) is 19.7. The predicted octanol–water partition coefficient (Wildman–Crippen LogP) is 2.66. The maximum absolute atomic E-state index is 2.25. The molecular weight excluding hydrogens is 564 g/mol. The first-order valence-corrected chi connectivity index (χ1v) is 16.6. The van der Waals surface area contributed by atoms with Gasteiger partial charge in [0.15, 0.2) is 0 Å². The number of rotatable bonds is 4. The molecule has 2 aliphatic heterocycles. The minimum atomic E-state index is 0.675. The summed E-state index contributed by atoms with van der Waals surface area (Å²) in [7, 11) is 0. The maximum atomic E-state index is 2.25. The molecule has 0 radical (unpaired) electrons. The van der Waals surface area contributed by atoms with Crippen molar-refractivity contribution in [2.75, 3.05) is 25.0 Å². The van der Waals surface area contributed by atoms with Crippen molar-refractivity contribution in [3.05, 3.63) is 22.0 Å². The topological polar surface area (TPSA) is 0 Å². The standard InChI is InChI=1S/C10H12S4Se4/c1-11-5-6(12-2)16-9(15-5)10-17-7(13-3)8(14-4)18-10/h1-4H3. The van der Waals surface area contributed by atoms with Gasteiger partial charge in [-0.05, 0) is 0 Å². The van der Waals surface area contributed by atoms with Crippen LogP contribution in [0.3, 0.4) is 0 Å². The average Bonchev–Trinajstić information content (AvgIpc) is 3.01. The van der Waals surface area contributed by atoms with E-state index < -0.39 is 0 Å². The molecule has 0 aromatic carbocycles. The molecule has 0 aliphatic carbocycles. The number of thioether (sulfide) groups is 4. The zero-order valence-corrected chi connectivity index (χ0v) is 20.4. The van der Waals surface area contributed by atoms with Gasteiger partial charge in [0.25, 0.3) is 0 Å². The van der Waals surface area contributed by atoms with Gasteiger partial charge in [-0.15, -0.1) is 0 Å². The van der Waals surface area contributed by atoms with Gasteiger partial charge in [-0.3, -0.25) is 0 Å².